The predicted octanol–water partition coefficient (Wildman–Crippen LogP) is 3.30. The van der Waals surface area contributed by atoms with Gasteiger partial charge in [-0.2, -0.15) is 0 Å². The highest BCUT2D eigenvalue weighted by Crippen LogP contribution is 2.50. The Morgan fingerprint density at radius 2 is 1.91 bits per heavy atom. The molecule has 0 saturated carbocycles. The molecule has 3 atom stereocenters. The molecule has 1 aromatic carbocycles. The van der Waals surface area contributed by atoms with Crippen LogP contribution in [0.2, 0.25) is 0 Å². The van der Waals surface area contributed by atoms with Gasteiger partial charge in [-0.05, 0) is 51.3 Å². The summed E-state index contributed by atoms with van der Waals surface area (Å²) in [6.45, 7) is 7.07. The quantitative estimate of drug-likeness (QED) is 0.528. The Morgan fingerprint density at radius 3 is 2.59 bits per heavy atom. The summed E-state index contributed by atoms with van der Waals surface area (Å²) in [4.78, 5) is 41.3. The van der Waals surface area contributed by atoms with Gasteiger partial charge < -0.3 is 14.2 Å². The number of hydrogen-bond donors (Lipinski definition) is 0. The molecule has 0 aromatic heterocycles. The number of benzene rings is 1. The molecule has 0 radical (unpaired) electrons. The average molecular weight is 440 g/mol. The van der Waals surface area contributed by atoms with Crippen molar-refractivity contribution in [1.82, 2.24) is 9.80 Å². The molecule has 1 fully saturated rings. The summed E-state index contributed by atoms with van der Waals surface area (Å²) in [6.07, 6.45) is 2.34. The smallest absolute Gasteiger partial charge is 0.417 e. The van der Waals surface area contributed by atoms with Crippen LogP contribution in [0.1, 0.15) is 44.9 Å². The van der Waals surface area contributed by atoms with Gasteiger partial charge >= 0.3 is 6.09 Å². The van der Waals surface area contributed by atoms with Crippen LogP contribution in [0.4, 0.5) is 4.79 Å². The molecule has 1 aliphatic carbocycles. The summed E-state index contributed by atoms with van der Waals surface area (Å²) >= 11 is 0. The molecule has 170 valence electrons. The average Bonchev–Trinajstić information content (AvgIpc) is 3.30. The number of imide groups is 1. The number of rotatable bonds is 4. The van der Waals surface area contributed by atoms with E-state index in [2.05, 4.69) is 0 Å². The molecule has 4 rings (SSSR count). The maximum atomic E-state index is 13.4. The van der Waals surface area contributed by atoms with Crippen LogP contribution in [-0.2, 0) is 30.2 Å². The van der Waals surface area contributed by atoms with E-state index in [1.165, 1.54) is 23.2 Å². The van der Waals surface area contributed by atoms with Crippen LogP contribution in [0.15, 0.2) is 47.7 Å². The van der Waals surface area contributed by atoms with Gasteiger partial charge in [0.1, 0.15) is 12.3 Å². The summed E-state index contributed by atoms with van der Waals surface area (Å²) in [6, 6.07) is 7.35. The van der Waals surface area contributed by atoms with Crippen molar-refractivity contribution in [3.63, 3.8) is 0 Å². The van der Waals surface area contributed by atoms with Crippen LogP contribution in [0, 0.1) is 5.92 Å². The maximum Gasteiger partial charge on any atom is 0.417 e. The van der Waals surface area contributed by atoms with Crippen LogP contribution in [-0.4, -0.2) is 53.4 Å². The number of methoxy groups -OCH3 is 1. The van der Waals surface area contributed by atoms with E-state index in [-0.39, 0.29) is 18.6 Å². The minimum Gasteiger partial charge on any atom is -0.474 e. The van der Waals surface area contributed by atoms with E-state index in [1.807, 2.05) is 24.3 Å². The predicted molar refractivity (Wildman–Crippen MR) is 115 cm³/mol. The molecular weight excluding hydrogens is 412 g/mol. The first kappa shape index (κ1) is 22.1. The van der Waals surface area contributed by atoms with Gasteiger partial charge in [0.15, 0.2) is 6.23 Å². The summed E-state index contributed by atoms with van der Waals surface area (Å²) in [5.41, 5.74) is 2.22. The van der Waals surface area contributed by atoms with Gasteiger partial charge in [0, 0.05) is 18.6 Å². The number of amides is 3. The fourth-order valence-electron chi connectivity index (χ4n) is 4.49. The highest BCUT2D eigenvalue weighted by atomic mass is 16.6. The Bertz CT molecular complexity index is 1020. The Labute approximate surface area is 187 Å². The van der Waals surface area contributed by atoms with Crippen LogP contribution < -0.4 is 0 Å². The van der Waals surface area contributed by atoms with Crippen LogP contribution >= 0.6 is 0 Å². The second-order valence-corrected chi connectivity index (χ2v) is 9.25. The Balaban J connectivity index is 1.66. The van der Waals surface area contributed by atoms with Crippen molar-refractivity contribution in [2.24, 2.45) is 5.92 Å². The number of nitrogens with zero attached hydrogens (tertiary/aromatic N) is 2. The van der Waals surface area contributed by atoms with Crippen molar-refractivity contribution in [3.8, 4) is 0 Å². The lowest BCUT2D eigenvalue weighted by Crippen LogP contribution is -2.39. The molecule has 3 unspecified atom stereocenters. The van der Waals surface area contributed by atoms with Crippen molar-refractivity contribution in [2.45, 2.75) is 52.0 Å². The van der Waals surface area contributed by atoms with Crippen LogP contribution in [0.3, 0.4) is 0 Å². The molecule has 3 aliphatic rings. The second kappa shape index (κ2) is 8.09. The van der Waals surface area contributed by atoms with E-state index in [0.29, 0.717) is 17.6 Å². The first-order valence-electron chi connectivity index (χ1n) is 10.6. The lowest BCUT2D eigenvalue weighted by atomic mass is 9.97. The van der Waals surface area contributed by atoms with E-state index in [4.69, 9.17) is 14.2 Å². The molecule has 2 aliphatic heterocycles. The number of likely N-dealkylation sites (tertiary alicyclic amines) is 1. The minimum absolute atomic E-state index is 0.0655. The third-order valence-electron chi connectivity index (χ3n) is 5.83. The zero-order valence-corrected chi connectivity index (χ0v) is 19.0. The number of carbonyl (C=O) groups excluding carboxylic acids is 3. The molecule has 8 heteroatoms. The number of hydrogen-bond acceptors (Lipinski definition) is 6. The number of fused-ring (bicyclic) bond motifs is 3. The summed E-state index contributed by atoms with van der Waals surface area (Å²) < 4.78 is 16.5. The van der Waals surface area contributed by atoms with E-state index in [0.717, 1.165) is 11.1 Å². The summed E-state index contributed by atoms with van der Waals surface area (Å²) in [5, 5.41) is 0. The van der Waals surface area contributed by atoms with Crippen molar-refractivity contribution in [3.05, 3.63) is 58.9 Å². The molecule has 0 bridgehead atoms. The van der Waals surface area contributed by atoms with Gasteiger partial charge in [0.05, 0.1) is 17.9 Å². The molecular formula is C24H28N2O6. The first-order valence-corrected chi connectivity index (χ1v) is 10.6. The fraction of sp³-hybridized carbons (Fsp3) is 0.458. The monoisotopic (exact) mass is 440 g/mol. The highest BCUT2D eigenvalue weighted by molar-refractivity contribution is 6.06. The minimum atomic E-state index is -0.735. The molecule has 0 N–H and O–H groups in total. The number of carbonyl (C=O) groups is 3. The van der Waals surface area contributed by atoms with Gasteiger partial charge in [-0.1, -0.05) is 24.3 Å². The Morgan fingerprint density at radius 1 is 1.19 bits per heavy atom. The summed E-state index contributed by atoms with van der Waals surface area (Å²) in [5.74, 6) is -0.868. The maximum absolute atomic E-state index is 13.4. The largest absolute Gasteiger partial charge is 0.474 e. The zero-order valence-electron chi connectivity index (χ0n) is 19.0. The van der Waals surface area contributed by atoms with E-state index >= 15 is 0 Å². The van der Waals surface area contributed by atoms with E-state index < -0.39 is 29.9 Å². The van der Waals surface area contributed by atoms with Crippen LogP contribution in [0.25, 0.3) is 0 Å². The van der Waals surface area contributed by atoms with Crippen LogP contribution in [0.5, 0.6) is 0 Å². The molecule has 1 aromatic rings. The molecule has 32 heavy (non-hydrogen) atoms. The van der Waals surface area contributed by atoms with E-state index in [9.17, 15) is 14.4 Å². The molecule has 2 heterocycles. The molecule has 8 nitrogen and oxygen atoms in total. The van der Waals surface area contributed by atoms with Gasteiger partial charge in [0.2, 0.25) is 0 Å². The SMILES string of the molecule is COCN1C(=O)C(C)=CC1O/C=C1/C(=O)N(C(=O)OC(C)(C)C)C2c3ccccc3CC12. The van der Waals surface area contributed by atoms with Gasteiger partial charge in [-0.3, -0.25) is 14.5 Å². The lowest BCUT2D eigenvalue weighted by molar-refractivity contribution is -0.139. The third-order valence-corrected chi connectivity index (χ3v) is 5.83. The van der Waals surface area contributed by atoms with Crippen molar-refractivity contribution in [1.29, 1.82) is 0 Å². The van der Waals surface area contributed by atoms with Crippen molar-refractivity contribution < 1.29 is 28.6 Å². The Hall–Kier alpha value is -3.13. The fourth-order valence-corrected chi connectivity index (χ4v) is 4.49. The summed E-state index contributed by atoms with van der Waals surface area (Å²) in [7, 11) is 1.50. The van der Waals surface area contributed by atoms with E-state index in [1.54, 1.807) is 33.8 Å². The van der Waals surface area contributed by atoms with Gasteiger partial charge in [-0.15, -0.1) is 0 Å². The number of ether oxygens (including phenoxy) is 3. The third kappa shape index (κ3) is 3.79. The molecule has 0 spiro atoms. The molecule has 3 amide bonds. The Kier molecular flexibility index (Phi) is 5.58. The first-order chi connectivity index (χ1) is 15.1. The van der Waals surface area contributed by atoms with Gasteiger partial charge in [0.25, 0.3) is 11.8 Å². The zero-order chi connectivity index (χ0) is 23.2. The highest BCUT2D eigenvalue weighted by Gasteiger charge is 2.53. The second-order valence-electron chi connectivity index (χ2n) is 9.25. The topological polar surface area (TPSA) is 85.4 Å². The lowest BCUT2D eigenvalue weighted by Gasteiger charge is -2.27. The molecule has 1 saturated heterocycles. The van der Waals surface area contributed by atoms with Crippen molar-refractivity contribution in [2.75, 3.05) is 13.8 Å². The van der Waals surface area contributed by atoms with Crippen molar-refractivity contribution >= 4 is 17.9 Å². The van der Waals surface area contributed by atoms with Gasteiger partial charge in [-0.25, -0.2) is 9.69 Å². The normalized spacial score (nSPS) is 25.8. The standard InChI is InChI=1S/C24H28N2O6/c1-14-10-19(25(13-30-5)21(14)27)31-12-18-17-11-15-8-6-7-9-16(15)20(17)26(22(18)28)23(29)32-24(2,3)4/h6-10,12,17,19-20H,11,13H2,1-5H3/b18-12+.